The summed E-state index contributed by atoms with van der Waals surface area (Å²) in [5.41, 5.74) is -2.70. The standard InChI is InChI=1S/C27H30F7N3O.2ClH.H2/c28-22-8-6-19(7-9-22)24(37-12-10-36(11-13-37)23-4-2-1-3-5-23)25(38)35-17-18-14-20(26(29,30)31)16-21(15-18)27(32,33)34;;;/h6-9,14-16,23-24H,1-5,10-13,17H2,(H,35,38);3*1H. The Morgan fingerprint density at radius 1 is 0.850 bits per heavy atom. The molecular weight excluding hydrogens is 586 g/mol. The van der Waals surface area contributed by atoms with Crippen LogP contribution in [0.2, 0.25) is 0 Å². The Labute approximate surface area is 242 Å². The highest BCUT2D eigenvalue weighted by Gasteiger charge is 2.37. The molecule has 4 rings (SSSR count). The molecule has 0 radical (unpaired) electrons. The minimum absolute atomic E-state index is 0. The van der Waals surface area contributed by atoms with Gasteiger partial charge in [-0.25, -0.2) is 4.39 Å². The summed E-state index contributed by atoms with van der Waals surface area (Å²) in [6, 6.07) is 6.28. The highest BCUT2D eigenvalue weighted by molar-refractivity contribution is 5.85. The zero-order valence-corrected chi connectivity index (χ0v) is 23.2. The van der Waals surface area contributed by atoms with Gasteiger partial charge in [-0.2, -0.15) is 26.3 Å². The van der Waals surface area contributed by atoms with Crippen LogP contribution in [-0.2, 0) is 23.7 Å². The number of halogens is 9. The van der Waals surface area contributed by atoms with Crippen LogP contribution in [0.3, 0.4) is 0 Å². The molecule has 0 bridgehead atoms. The molecule has 2 aromatic carbocycles. The van der Waals surface area contributed by atoms with Gasteiger partial charge < -0.3 is 5.32 Å². The number of nitrogens with one attached hydrogen (secondary N) is 1. The van der Waals surface area contributed by atoms with Gasteiger partial charge in [0.25, 0.3) is 0 Å². The molecule has 2 aromatic rings. The maximum Gasteiger partial charge on any atom is 0.416 e. The van der Waals surface area contributed by atoms with Crippen LogP contribution in [0.5, 0.6) is 0 Å². The zero-order valence-electron chi connectivity index (χ0n) is 21.5. The molecule has 0 spiro atoms. The summed E-state index contributed by atoms with van der Waals surface area (Å²) >= 11 is 0. The van der Waals surface area contributed by atoms with Crippen molar-refractivity contribution >= 4 is 30.7 Å². The number of benzene rings is 2. The molecule has 4 nitrogen and oxygen atoms in total. The van der Waals surface area contributed by atoms with E-state index in [1.54, 1.807) is 0 Å². The average Bonchev–Trinajstić information content (AvgIpc) is 2.88. The number of piperazine rings is 1. The second-order valence-corrected chi connectivity index (χ2v) is 9.95. The number of amides is 1. The molecule has 1 amide bonds. The third kappa shape index (κ3) is 8.71. The van der Waals surface area contributed by atoms with E-state index < -0.39 is 47.8 Å². The first kappa shape index (κ1) is 34.1. The summed E-state index contributed by atoms with van der Waals surface area (Å²) in [6.45, 7) is 2.05. The number of carbonyl (C=O) groups excluding carboxylic acids is 1. The van der Waals surface area contributed by atoms with Crippen LogP contribution in [0.15, 0.2) is 42.5 Å². The van der Waals surface area contributed by atoms with E-state index in [1.807, 2.05) is 4.90 Å². The Morgan fingerprint density at radius 3 is 1.88 bits per heavy atom. The SMILES string of the molecule is Cl.Cl.O=C(NCc1cc(C(F)(F)F)cc(C(F)(F)F)c1)C(c1ccc(F)cc1)N1CCN(C2CCCCC2)CC1.[HH]. The van der Waals surface area contributed by atoms with Crippen LogP contribution in [0, 0.1) is 5.82 Å². The first-order valence-corrected chi connectivity index (χ1v) is 12.7. The van der Waals surface area contributed by atoms with Crippen LogP contribution < -0.4 is 5.32 Å². The van der Waals surface area contributed by atoms with Gasteiger partial charge in [0.1, 0.15) is 11.9 Å². The van der Waals surface area contributed by atoms with Crippen LogP contribution in [0.4, 0.5) is 30.7 Å². The second kappa shape index (κ2) is 14.2. The van der Waals surface area contributed by atoms with Gasteiger partial charge in [0, 0.05) is 40.2 Å². The molecule has 1 aliphatic heterocycles. The van der Waals surface area contributed by atoms with Crippen molar-refractivity contribution in [2.45, 2.75) is 63.1 Å². The van der Waals surface area contributed by atoms with E-state index in [0.29, 0.717) is 36.8 Å². The van der Waals surface area contributed by atoms with E-state index in [0.717, 1.165) is 25.9 Å². The molecule has 2 aliphatic rings. The third-order valence-corrected chi connectivity index (χ3v) is 7.35. The fourth-order valence-corrected chi connectivity index (χ4v) is 5.39. The Hall–Kier alpha value is -2.08. The summed E-state index contributed by atoms with van der Waals surface area (Å²) in [6.07, 6.45) is -4.06. The highest BCUT2D eigenvalue weighted by atomic mass is 35.5. The fourth-order valence-electron chi connectivity index (χ4n) is 5.39. The van der Waals surface area contributed by atoms with Crippen molar-refractivity contribution in [3.63, 3.8) is 0 Å². The predicted octanol–water partition coefficient (Wildman–Crippen LogP) is 7.26. The fraction of sp³-hybridized carbons (Fsp3) is 0.519. The van der Waals surface area contributed by atoms with Gasteiger partial charge >= 0.3 is 12.4 Å². The quantitative estimate of drug-likeness (QED) is 0.346. The van der Waals surface area contributed by atoms with Crippen molar-refractivity contribution in [2.24, 2.45) is 0 Å². The summed E-state index contributed by atoms with van der Waals surface area (Å²) in [4.78, 5) is 17.7. The smallest absolute Gasteiger partial charge is 0.350 e. The van der Waals surface area contributed by atoms with Crippen LogP contribution in [0.25, 0.3) is 0 Å². The molecule has 1 atom stereocenters. The highest BCUT2D eigenvalue weighted by Crippen LogP contribution is 2.36. The van der Waals surface area contributed by atoms with Crippen LogP contribution in [-0.4, -0.2) is 47.9 Å². The van der Waals surface area contributed by atoms with Crippen molar-refractivity contribution in [3.8, 4) is 0 Å². The van der Waals surface area contributed by atoms with E-state index in [2.05, 4.69) is 10.2 Å². The summed E-state index contributed by atoms with van der Waals surface area (Å²) in [7, 11) is 0. The monoisotopic (exact) mass is 619 g/mol. The molecule has 226 valence electrons. The van der Waals surface area contributed by atoms with E-state index in [-0.39, 0.29) is 37.9 Å². The summed E-state index contributed by atoms with van der Waals surface area (Å²) < 4.78 is 93.0. The number of hydrogen-bond acceptors (Lipinski definition) is 3. The molecule has 1 unspecified atom stereocenters. The first-order valence-electron chi connectivity index (χ1n) is 12.7. The number of alkyl halides is 6. The van der Waals surface area contributed by atoms with Gasteiger partial charge in [0.05, 0.1) is 11.1 Å². The third-order valence-electron chi connectivity index (χ3n) is 7.35. The average molecular weight is 620 g/mol. The zero-order chi connectivity index (χ0) is 27.5. The molecule has 1 heterocycles. The summed E-state index contributed by atoms with van der Waals surface area (Å²) in [5.74, 6) is -1.06. The Kier molecular flexibility index (Phi) is 12.1. The first-order chi connectivity index (χ1) is 17.9. The lowest BCUT2D eigenvalue weighted by Crippen LogP contribution is -2.53. The van der Waals surface area contributed by atoms with E-state index >= 15 is 0 Å². The normalized spacial score (nSPS) is 18.4. The molecular formula is C27H34Cl2F7N3O. The van der Waals surface area contributed by atoms with E-state index in [9.17, 15) is 35.5 Å². The van der Waals surface area contributed by atoms with Crippen LogP contribution >= 0.6 is 24.8 Å². The van der Waals surface area contributed by atoms with Gasteiger partial charge in [0.15, 0.2) is 0 Å². The molecule has 1 N–H and O–H groups in total. The number of rotatable bonds is 6. The number of carbonyl (C=O) groups is 1. The Balaban J connectivity index is 0.00000280. The molecule has 1 saturated heterocycles. The van der Waals surface area contributed by atoms with Crippen molar-refractivity contribution in [1.82, 2.24) is 15.1 Å². The molecule has 40 heavy (non-hydrogen) atoms. The minimum Gasteiger partial charge on any atom is -0.350 e. The lowest BCUT2D eigenvalue weighted by atomic mass is 9.93. The maximum absolute atomic E-state index is 13.6. The summed E-state index contributed by atoms with van der Waals surface area (Å²) in [5, 5.41) is 2.52. The number of nitrogens with zero attached hydrogens (tertiary/aromatic N) is 2. The van der Waals surface area contributed by atoms with Gasteiger partial charge in [0.2, 0.25) is 5.91 Å². The van der Waals surface area contributed by atoms with Gasteiger partial charge in [-0.05, 0) is 54.3 Å². The van der Waals surface area contributed by atoms with Gasteiger partial charge in [-0.15, -0.1) is 24.8 Å². The van der Waals surface area contributed by atoms with Crippen molar-refractivity contribution in [3.05, 3.63) is 70.5 Å². The molecule has 13 heteroatoms. The molecule has 1 aliphatic carbocycles. The predicted molar refractivity (Wildman–Crippen MR) is 144 cm³/mol. The molecule has 1 saturated carbocycles. The van der Waals surface area contributed by atoms with Crippen molar-refractivity contribution in [1.29, 1.82) is 0 Å². The Morgan fingerprint density at radius 2 is 1.38 bits per heavy atom. The van der Waals surface area contributed by atoms with Crippen molar-refractivity contribution < 1.29 is 37.0 Å². The number of hydrogen-bond donors (Lipinski definition) is 1. The Bertz CT molecular complexity index is 1070. The van der Waals surface area contributed by atoms with Gasteiger partial charge in [-0.1, -0.05) is 31.4 Å². The lowest BCUT2D eigenvalue weighted by Gasteiger charge is -2.43. The minimum atomic E-state index is -4.98. The maximum atomic E-state index is 13.6. The van der Waals surface area contributed by atoms with E-state index in [1.165, 1.54) is 43.5 Å². The van der Waals surface area contributed by atoms with Crippen LogP contribution in [0.1, 0.15) is 61.8 Å². The largest absolute Gasteiger partial charge is 0.416 e. The van der Waals surface area contributed by atoms with Gasteiger partial charge in [-0.3, -0.25) is 14.6 Å². The van der Waals surface area contributed by atoms with Crippen molar-refractivity contribution in [2.75, 3.05) is 26.2 Å². The van der Waals surface area contributed by atoms with E-state index in [4.69, 9.17) is 0 Å². The topological polar surface area (TPSA) is 35.6 Å². The molecule has 2 fully saturated rings. The molecule has 0 aromatic heterocycles. The lowest BCUT2D eigenvalue weighted by molar-refractivity contribution is -0.143. The second-order valence-electron chi connectivity index (χ2n) is 9.95.